The molecule has 0 bridgehead atoms. The highest BCUT2D eigenvalue weighted by atomic mass is 16.2. The predicted octanol–water partition coefficient (Wildman–Crippen LogP) is 2.75. The summed E-state index contributed by atoms with van der Waals surface area (Å²) in [6.45, 7) is 5.46. The van der Waals surface area contributed by atoms with Crippen molar-refractivity contribution in [3.8, 4) is 0 Å². The average molecular weight is 298 g/mol. The van der Waals surface area contributed by atoms with Crippen molar-refractivity contribution < 1.29 is 9.59 Å². The first-order valence-electron chi connectivity index (χ1n) is 6.96. The van der Waals surface area contributed by atoms with Crippen LogP contribution in [0.15, 0.2) is 36.7 Å². The number of amides is 1. The Morgan fingerprint density at radius 1 is 1.14 bits per heavy atom. The summed E-state index contributed by atoms with van der Waals surface area (Å²) in [6.07, 6.45) is 2.93. The molecule has 0 aliphatic heterocycles. The first-order valence-corrected chi connectivity index (χ1v) is 6.96. The summed E-state index contributed by atoms with van der Waals surface area (Å²) in [5.41, 5.74) is 1.30. The minimum atomic E-state index is -0.371. The largest absolute Gasteiger partial charge is 0.367 e. The van der Waals surface area contributed by atoms with Crippen molar-refractivity contribution in [2.24, 2.45) is 0 Å². The second-order valence-corrected chi connectivity index (χ2v) is 5.18. The summed E-state index contributed by atoms with van der Waals surface area (Å²) < 4.78 is 0. The normalized spacial score (nSPS) is 10.4. The van der Waals surface area contributed by atoms with E-state index in [2.05, 4.69) is 20.6 Å². The van der Waals surface area contributed by atoms with Gasteiger partial charge in [-0.1, -0.05) is 12.1 Å². The first-order chi connectivity index (χ1) is 10.5. The van der Waals surface area contributed by atoms with Crippen molar-refractivity contribution in [3.63, 3.8) is 0 Å². The Labute approximate surface area is 129 Å². The average Bonchev–Trinajstić information content (AvgIpc) is 2.47. The van der Waals surface area contributed by atoms with Crippen LogP contribution in [-0.4, -0.2) is 27.7 Å². The quantitative estimate of drug-likeness (QED) is 0.829. The number of rotatable bonds is 5. The van der Waals surface area contributed by atoms with E-state index in [-0.39, 0.29) is 23.4 Å². The number of hydrogen-bond acceptors (Lipinski definition) is 5. The summed E-state index contributed by atoms with van der Waals surface area (Å²) in [5.74, 6) is 0.189. The zero-order valence-electron chi connectivity index (χ0n) is 12.8. The number of nitrogens with one attached hydrogen (secondary N) is 2. The van der Waals surface area contributed by atoms with Gasteiger partial charge >= 0.3 is 0 Å². The second kappa shape index (κ2) is 6.80. The molecule has 0 aliphatic carbocycles. The Kier molecular flexibility index (Phi) is 4.83. The molecule has 22 heavy (non-hydrogen) atoms. The molecule has 1 heterocycles. The Morgan fingerprint density at radius 3 is 2.50 bits per heavy atom. The molecule has 114 valence electrons. The molecule has 1 amide bonds. The summed E-state index contributed by atoms with van der Waals surface area (Å²) in [5, 5.41) is 5.80. The molecule has 1 aromatic heterocycles. The smallest absolute Gasteiger partial charge is 0.275 e. The Balaban J connectivity index is 2.08. The van der Waals surface area contributed by atoms with E-state index in [1.807, 2.05) is 13.8 Å². The molecular weight excluding hydrogens is 280 g/mol. The number of hydrogen-bond donors (Lipinski definition) is 2. The van der Waals surface area contributed by atoms with Crippen molar-refractivity contribution >= 4 is 23.2 Å². The van der Waals surface area contributed by atoms with Crippen LogP contribution in [0.25, 0.3) is 0 Å². The van der Waals surface area contributed by atoms with Gasteiger partial charge in [-0.05, 0) is 32.9 Å². The van der Waals surface area contributed by atoms with E-state index in [1.54, 1.807) is 24.3 Å². The van der Waals surface area contributed by atoms with Crippen LogP contribution >= 0.6 is 0 Å². The first kappa shape index (κ1) is 15.6. The molecular formula is C16H18N4O2. The van der Waals surface area contributed by atoms with Gasteiger partial charge in [-0.2, -0.15) is 0 Å². The van der Waals surface area contributed by atoms with Gasteiger partial charge < -0.3 is 10.6 Å². The number of carbonyl (C=O) groups excluding carboxylic acids is 2. The highest BCUT2D eigenvalue weighted by molar-refractivity contribution is 6.03. The number of anilines is 2. The zero-order chi connectivity index (χ0) is 16.1. The number of nitrogens with zero attached hydrogens (tertiary/aromatic N) is 2. The molecule has 6 heteroatoms. The lowest BCUT2D eigenvalue weighted by molar-refractivity contribution is 0.100. The topological polar surface area (TPSA) is 84.0 Å². The summed E-state index contributed by atoms with van der Waals surface area (Å²) in [7, 11) is 0. The van der Waals surface area contributed by atoms with E-state index >= 15 is 0 Å². The van der Waals surface area contributed by atoms with Crippen LogP contribution in [0.1, 0.15) is 41.6 Å². The molecule has 0 radical (unpaired) electrons. The van der Waals surface area contributed by atoms with Crippen LogP contribution in [0, 0.1) is 0 Å². The predicted molar refractivity (Wildman–Crippen MR) is 85.2 cm³/mol. The lowest BCUT2D eigenvalue weighted by Gasteiger charge is -2.09. The highest BCUT2D eigenvalue weighted by Crippen LogP contribution is 2.12. The molecule has 0 unspecified atom stereocenters. The van der Waals surface area contributed by atoms with E-state index in [1.165, 1.54) is 19.3 Å². The van der Waals surface area contributed by atoms with Crippen LogP contribution in [0.3, 0.4) is 0 Å². The third-order valence-corrected chi connectivity index (χ3v) is 2.85. The number of carbonyl (C=O) groups is 2. The van der Waals surface area contributed by atoms with Gasteiger partial charge in [0, 0.05) is 17.3 Å². The molecule has 2 aromatic rings. The van der Waals surface area contributed by atoms with Gasteiger partial charge in [0.2, 0.25) is 0 Å². The van der Waals surface area contributed by atoms with Crippen LogP contribution < -0.4 is 10.6 Å². The van der Waals surface area contributed by atoms with Crippen molar-refractivity contribution in [1.29, 1.82) is 0 Å². The van der Waals surface area contributed by atoms with Crippen molar-refractivity contribution in [2.75, 3.05) is 10.6 Å². The maximum absolute atomic E-state index is 12.1. The van der Waals surface area contributed by atoms with Crippen molar-refractivity contribution in [2.45, 2.75) is 26.8 Å². The lowest BCUT2D eigenvalue weighted by atomic mass is 10.1. The molecule has 0 atom stereocenters. The Bertz CT molecular complexity index is 681. The fourth-order valence-electron chi connectivity index (χ4n) is 1.83. The third-order valence-electron chi connectivity index (χ3n) is 2.85. The maximum Gasteiger partial charge on any atom is 0.275 e. The minimum absolute atomic E-state index is 0.0556. The van der Waals surface area contributed by atoms with Gasteiger partial charge in [-0.25, -0.2) is 9.97 Å². The van der Waals surface area contributed by atoms with E-state index in [4.69, 9.17) is 0 Å². The summed E-state index contributed by atoms with van der Waals surface area (Å²) in [6, 6.07) is 7.00. The van der Waals surface area contributed by atoms with Crippen LogP contribution in [0.5, 0.6) is 0 Å². The Morgan fingerprint density at radius 2 is 1.91 bits per heavy atom. The SMILES string of the molecule is CC(=O)c1cccc(NC(=O)c2cnc(NC(C)C)cn2)c1. The molecule has 2 rings (SSSR count). The van der Waals surface area contributed by atoms with Gasteiger partial charge in [0.25, 0.3) is 5.91 Å². The summed E-state index contributed by atoms with van der Waals surface area (Å²) in [4.78, 5) is 31.7. The van der Waals surface area contributed by atoms with Crippen molar-refractivity contribution in [3.05, 3.63) is 47.9 Å². The fourth-order valence-corrected chi connectivity index (χ4v) is 1.83. The van der Waals surface area contributed by atoms with Crippen LogP contribution in [-0.2, 0) is 0 Å². The van der Waals surface area contributed by atoms with Gasteiger partial charge in [-0.15, -0.1) is 0 Å². The molecule has 6 nitrogen and oxygen atoms in total. The zero-order valence-corrected chi connectivity index (χ0v) is 12.8. The van der Waals surface area contributed by atoms with Crippen LogP contribution in [0.2, 0.25) is 0 Å². The highest BCUT2D eigenvalue weighted by Gasteiger charge is 2.10. The fraction of sp³-hybridized carbons (Fsp3) is 0.250. The third kappa shape index (κ3) is 4.12. The number of Topliss-reactive ketones (excluding diaryl/α,β-unsaturated/α-hetero) is 1. The molecule has 0 fully saturated rings. The molecule has 0 spiro atoms. The number of benzene rings is 1. The van der Waals surface area contributed by atoms with Crippen LogP contribution in [0.4, 0.5) is 11.5 Å². The minimum Gasteiger partial charge on any atom is -0.367 e. The second-order valence-electron chi connectivity index (χ2n) is 5.18. The van der Waals surface area contributed by atoms with E-state index in [0.717, 1.165) is 0 Å². The lowest BCUT2D eigenvalue weighted by Crippen LogP contribution is -2.16. The van der Waals surface area contributed by atoms with E-state index in [0.29, 0.717) is 17.1 Å². The molecule has 2 N–H and O–H groups in total. The van der Waals surface area contributed by atoms with Gasteiger partial charge in [-0.3, -0.25) is 9.59 Å². The standard InChI is InChI=1S/C16H18N4O2/c1-10(2)19-15-9-17-14(8-18-15)16(22)20-13-6-4-5-12(7-13)11(3)21/h4-10H,1-3H3,(H,18,19)(H,20,22). The number of aromatic nitrogens is 2. The molecule has 0 saturated heterocycles. The van der Waals surface area contributed by atoms with E-state index < -0.39 is 0 Å². The van der Waals surface area contributed by atoms with Gasteiger partial charge in [0.15, 0.2) is 5.78 Å². The van der Waals surface area contributed by atoms with Gasteiger partial charge in [0.05, 0.1) is 12.4 Å². The van der Waals surface area contributed by atoms with E-state index in [9.17, 15) is 9.59 Å². The van der Waals surface area contributed by atoms with Crippen molar-refractivity contribution in [1.82, 2.24) is 9.97 Å². The molecule has 0 aliphatic rings. The summed E-state index contributed by atoms with van der Waals surface area (Å²) >= 11 is 0. The number of ketones is 1. The van der Waals surface area contributed by atoms with Gasteiger partial charge in [0.1, 0.15) is 11.5 Å². The maximum atomic E-state index is 12.1. The molecule has 0 saturated carbocycles. The Hall–Kier alpha value is -2.76. The monoisotopic (exact) mass is 298 g/mol. The molecule has 1 aromatic carbocycles.